The number of rotatable bonds is 3. The molecule has 0 saturated carbocycles. The second-order valence-corrected chi connectivity index (χ2v) is 4.72. The van der Waals surface area contributed by atoms with E-state index in [-0.39, 0.29) is 5.82 Å². The number of pyridine rings is 1. The van der Waals surface area contributed by atoms with Crippen LogP contribution in [0.25, 0.3) is 17.3 Å². The zero-order chi connectivity index (χ0) is 14.5. The average molecular weight is 267 g/mol. The number of nitrogens with zero attached hydrogens (tertiary/aromatic N) is 1. The molecule has 0 radical (unpaired) electrons. The third-order valence-corrected chi connectivity index (χ3v) is 3.12. The Kier molecular flexibility index (Phi) is 4.46. The van der Waals surface area contributed by atoms with Gasteiger partial charge in [-0.2, -0.15) is 0 Å². The monoisotopic (exact) mass is 267 g/mol. The predicted molar refractivity (Wildman–Crippen MR) is 83.0 cm³/mol. The Bertz CT molecular complexity index is 669. The number of benzene rings is 1. The standard InChI is InChI=1S/C18H18FN/c1-4-5-6-8-15-11-13(2)18(20-14(15)3)16-9-7-10-17(19)12-16/h4-12H,1-3H3/b5-4-,8-6-. The van der Waals surface area contributed by atoms with Crippen molar-refractivity contribution in [3.63, 3.8) is 0 Å². The van der Waals surface area contributed by atoms with Gasteiger partial charge in [0.25, 0.3) is 0 Å². The van der Waals surface area contributed by atoms with Crippen LogP contribution in [-0.4, -0.2) is 4.98 Å². The summed E-state index contributed by atoms with van der Waals surface area (Å²) >= 11 is 0. The minimum Gasteiger partial charge on any atom is -0.252 e. The predicted octanol–water partition coefficient (Wildman–Crippen LogP) is 5.09. The number of allylic oxidation sites excluding steroid dienone is 3. The van der Waals surface area contributed by atoms with Crippen LogP contribution in [0.15, 0.2) is 48.6 Å². The fourth-order valence-electron chi connectivity index (χ4n) is 2.09. The zero-order valence-electron chi connectivity index (χ0n) is 12.0. The molecule has 1 heterocycles. The summed E-state index contributed by atoms with van der Waals surface area (Å²) in [5, 5.41) is 0. The molecule has 0 atom stereocenters. The maximum absolute atomic E-state index is 13.3. The molecular formula is C18H18FN. The molecule has 2 heteroatoms. The minimum absolute atomic E-state index is 0.238. The van der Waals surface area contributed by atoms with E-state index >= 15 is 0 Å². The molecule has 0 aliphatic heterocycles. The normalized spacial score (nSPS) is 11.6. The van der Waals surface area contributed by atoms with Gasteiger partial charge in [0, 0.05) is 11.3 Å². The SMILES string of the molecule is C/C=C\C=C/c1cc(C)c(-c2cccc(F)c2)nc1C. The van der Waals surface area contributed by atoms with Crippen LogP contribution in [0.4, 0.5) is 4.39 Å². The Hall–Kier alpha value is -2.22. The molecule has 0 unspecified atom stereocenters. The van der Waals surface area contributed by atoms with Crippen LogP contribution in [0, 0.1) is 19.7 Å². The van der Waals surface area contributed by atoms with E-state index in [1.165, 1.54) is 12.1 Å². The lowest BCUT2D eigenvalue weighted by molar-refractivity contribution is 0.628. The molecule has 1 nitrogen and oxygen atoms in total. The van der Waals surface area contributed by atoms with E-state index in [1.807, 2.05) is 51.1 Å². The van der Waals surface area contributed by atoms with Gasteiger partial charge in [0.2, 0.25) is 0 Å². The lowest BCUT2D eigenvalue weighted by Crippen LogP contribution is -1.95. The first kappa shape index (κ1) is 14.2. The lowest BCUT2D eigenvalue weighted by atomic mass is 10.0. The lowest BCUT2D eigenvalue weighted by Gasteiger charge is -2.09. The number of hydrogen-bond acceptors (Lipinski definition) is 1. The second kappa shape index (κ2) is 6.29. The van der Waals surface area contributed by atoms with Crippen LogP contribution < -0.4 is 0 Å². The van der Waals surface area contributed by atoms with Gasteiger partial charge in [-0.3, -0.25) is 4.98 Å². The Balaban J connectivity index is 2.45. The van der Waals surface area contributed by atoms with Crippen molar-refractivity contribution in [3.8, 4) is 11.3 Å². The van der Waals surface area contributed by atoms with Crippen molar-refractivity contribution in [1.29, 1.82) is 0 Å². The summed E-state index contributed by atoms with van der Waals surface area (Å²) in [5.41, 5.74) is 4.72. The van der Waals surface area contributed by atoms with Crippen molar-refractivity contribution < 1.29 is 4.39 Å². The number of halogens is 1. The number of aromatic nitrogens is 1. The summed E-state index contributed by atoms with van der Waals surface area (Å²) in [4.78, 5) is 4.62. The third kappa shape index (κ3) is 3.21. The molecule has 0 spiro atoms. The summed E-state index contributed by atoms with van der Waals surface area (Å²) < 4.78 is 13.3. The van der Waals surface area contributed by atoms with Gasteiger partial charge in [0.1, 0.15) is 5.82 Å². The molecule has 20 heavy (non-hydrogen) atoms. The van der Waals surface area contributed by atoms with Crippen LogP contribution in [0.1, 0.15) is 23.7 Å². The van der Waals surface area contributed by atoms with E-state index < -0.39 is 0 Å². The molecule has 1 aromatic carbocycles. The molecule has 0 aliphatic rings. The second-order valence-electron chi connectivity index (χ2n) is 4.72. The molecule has 2 aromatic rings. The van der Waals surface area contributed by atoms with Gasteiger partial charge in [-0.1, -0.05) is 36.4 Å². The number of hydrogen-bond donors (Lipinski definition) is 0. The Morgan fingerprint density at radius 3 is 2.60 bits per heavy atom. The molecule has 102 valence electrons. The number of aryl methyl sites for hydroxylation is 2. The van der Waals surface area contributed by atoms with Gasteiger partial charge < -0.3 is 0 Å². The quantitative estimate of drug-likeness (QED) is 0.705. The first-order chi connectivity index (χ1) is 9.61. The van der Waals surface area contributed by atoms with E-state index in [2.05, 4.69) is 11.1 Å². The molecule has 2 rings (SSSR count). The van der Waals surface area contributed by atoms with Crippen LogP contribution >= 0.6 is 0 Å². The highest BCUT2D eigenvalue weighted by atomic mass is 19.1. The molecular weight excluding hydrogens is 249 g/mol. The van der Waals surface area contributed by atoms with Gasteiger partial charge in [0.15, 0.2) is 0 Å². The fraction of sp³-hybridized carbons (Fsp3) is 0.167. The van der Waals surface area contributed by atoms with E-state index in [0.29, 0.717) is 0 Å². The molecule has 0 saturated heterocycles. The maximum atomic E-state index is 13.3. The highest BCUT2D eigenvalue weighted by Gasteiger charge is 2.07. The summed E-state index contributed by atoms with van der Waals surface area (Å²) in [6, 6.07) is 8.64. The smallest absolute Gasteiger partial charge is 0.123 e. The van der Waals surface area contributed by atoms with E-state index in [1.54, 1.807) is 6.07 Å². The van der Waals surface area contributed by atoms with Crippen molar-refractivity contribution in [1.82, 2.24) is 4.98 Å². The Morgan fingerprint density at radius 2 is 1.90 bits per heavy atom. The molecule has 1 aromatic heterocycles. The highest BCUT2D eigenvalue weighted by molar-refractivity contribution is 5.66. The maximum Gasteiger partial charge on any atom is 0.123 e. The van der Waals surface area contributed by atoms with Crippen LogP contribution in [0.5, 0.6) is 0 Å². The van der Waals surface area contributed by atoms with Crippen molar-refractivity contribution in [2.75, 3.05) is 0 Å². The fourth-order valence-corrected chi connectivity index (χ4v) is 2.09. The van der Waals surface area contributed by atoms with E-state index in [0.717, 1.165) is 28.1 Å². The van der Waals surface area contributed by atoms with Crippen molar-refractivity contribution >= 4 is 6.08 Å². The van der Waals surface area contributed by atoms with E-state index in [9.17, 15) is 4.39 Å². The van der Waals surface area contributed by atoms with Gasteiger partial charge >= 0.3 is 0 Å². The average Bonchev–Trinajstić information content (AvgIpc) is 2.42. The van der Waals surface area contributed by atoms with Crippen LogP contribution in [0.3, 0.4) is 0 Å². The van der Waals surface area contributed by atoms with Gasteiger partial charge in [-0.15, -0.1) is 0 Å². The molecule has 0 amide bonds. The molecule has 0 aliphatic carbocycles. The first-order valence-corrected chi connectivity index (χ1v) is 6.65. The summed E-state index contributed by atoms with van der Waals surface area (Å²) in [6.45, 7) is 5.95. The zero-order valence-corrected chi connectivity index (χ0v) is 12.0. The van der Waals surface area contributed by atoms with Gasteiger partial charge in [0.05, 0.1) is 5.69 Å². The van der Waals surface area contributed by atoms with Gasteiger partial charge in [-0.25, -0.2) is 4.39 Å². The van der Waals surface area contributed by atoms with Crippen LogP contribution in [0.2, 0.25) is 0 Å². The summed E-state index contributed by atoms with van der Waals surface area (Å²) in [7, 11) is 0. The van der Waals surface area contributed by atoms with Crippen molar-refractivity contribution in [2.24, 2.45) is 0 Å². The largest absolute Gasteiger partial charge is 0.252 e. The molecule has 0 bridgehead atoms. The first-order valence-electron chi connectivity index (χ1n) is 6.65. The van der Waals surface area contributed by atoms with Crippen LogP contribution in [-0.2, 0) is 0 Å². The highest BCUT2D eigenvalue weighted by Crippen LogP contribution is 2.24. The summed E-state index contributed by atoms with van der Waals surface area (Å²) in [5.74, 6) is -0.238. The summed E-state index contributed by atoms with van der Waals surface area (Å²) in [6.07, 6.45) is 7.98. The topological polar surface area (TPSA) is 12.9 Å². The molecule has 0 fully saturated rings. The van der Waals surface area contributed by atoms with Crippen molar-refractivity contribution in [3.05, 3.63) is 71.2 Å². The Labute approximate surface area is 119 Å². The van der Waals surface area contributed by atoms with Crippen molar-refractivity contribution in [2.45, 2.75) is 20.8 Å². The minimum atomic E-state index is -0.238. The van der Waals surface area contributed by atoms with E-state index in [4.69, 9.17) is 0 Å². The molecule has 0 N–H and O–H groups in total. The Morgan fingerprint density at radius 1 is 1.10 bits per heavy atom. The third-order valence-electron chi connectivity index (χ3n) is 3.12. The van der Waals surface area contributed by atoms with Gasteiger partial charge in [-0.05, 0) is 50.1 Å².